The van der Waals surface area contributed by atoms with Crippen molar-refractivity contribution in [3.8, 4) is 23.0 Å². The van der Waals surface area contributed by atoms with Gasteiger partial charge in [0.05, 0.1) is 33.3 Å². The van der Waals surface area contributed by atoms with Crippen LogP contribution in [0.25, 0.3) is 44.3 Å². The van der Waals surface area contributed by atoms with Crippen LogP contribution in [0.1, 0.15) is 73.4 Å². The number of hydrogen-bond donors (Lipinski definition) is 0. The molecule has 8 rings (SSSR count). The minimum atomic E-state index is -0.155. The fourth-order valence-electron chi connectivity index (χ4n) is 7.73. The largest absolute Gasteiger partial charge is 0.458 e. The van der Waals surface area contributed by atoms with Gasteiger partial charge in [0.1, 0.15) is 17.3 Å². The van der Waals surface area contributed by atoms with Crippen molar-refractivity contribution in [2.24, 2.45) is 5.41 Å². The van der Waals surface area contributed by atoms with Gasteiger partial charge >= 0.3 is 0 Å². The number of benzene rings is 4. The smallest absolute Gasteiger partial charge is 0.244 e. The van der Waals surface area contributed by atoms with Crippen LogP contribution in [0.3, 0.4) is 0 Å². The van der Waals surface area contributed by atoms with E-state index in [2.05, 4.69) is 173 Å². The van der Waals surface area contributed by atoms with E-state index in [9.17, 15) is 0 Å². The van der Waals surface area contributed by atoms with Crippen LogP contribution in [0.2, 0.25) is 0 Å². The van der Waals surface area contributed by atoms with E-state index in [0.717, 1.165) is 39.6 Å². The molecule has 0 N–H and O–H groups in total. The molecule has 7 aromatic rings. The Morgan fingerprint density at radius 2 is 1.42 bits per heavy atom. The van der Waals surface area contributed by atoms with Crippen LogP contribution >= 0.6 is 0 Å². The summed E-state index contributed by atoms with van der Waals surface area (Å²) in [7, 11) is 0. The molecule has 5 nitrogen and oxygen atoms in total. The normalized spacial score (nSPS) is 16.5. The van der Waals surface area contributed by atoms with Crippen molar-refractivity contribution in [2.45, 2.75) is 78.7 Å². The van der Waals surface area contributed by atoms with Gasteiger partial charge in [0.2, 0.25) is 6.33 Å². The molecule has 0 unspecified atom stereocenters. The third kappa shape index (κ3) is 4.22. The quantitative estimate of drug-likeness (QED) is 0.143. The first-order valence-corrected chi connectivity index (χ1v) is 17.0. The molecule has 0 radical (unpaired) electrons. The van der Waals surface area contributed by atoms with E-state index in [1.165, 1.54) is 27.4 Å². The Morgan fingerprint density at radius 1 is 0.708 bits per heavy atom. The van der Waals surface area contributed by atoms with Crippen LogP contribution in [0.5, 0.6) is 11.5 Å². The van der Waals surface area contributed by atoms with Crippen LogP contribution in [-0.2, 0) is 16.4 Å². The summed E-state index contributed by atoms with van der Waals surface area (Å²) in [5.74, 6) is 2.45. The lowest BCUT2D eigenvalue weighted by atomic mass is 9.54. The topological polar surface area (TPSA) is 35.9 Å². The third-order valence-electron chi connectivity index (χ3n) is 11.8. The zero-order valence-electron chi connectivity index (χ0n) is 29.5. The first-order chi connectivity index (χ1) is 22.7. The maximum Gasteiger partial charge on any atom is 0.244 e. The molecule has 4 aromatic carbocycles. The fraction of sp³-hybridized carbons (Fsp3) is 0.302. The molecule has 0 bridgehead atoms. The minimum absolute atomic E-state index is 0.00964. The number of hydrogen-bond acceptors (Lipinski definition) is 2. The predicted molar refractivity (Wildman–Crippen MR) is 196 cm³/mol. The molecule has 242 valence electrons. The van der Waals surface area contributed by atoms with Gasteiger partial charge in [-0.25, -0.2) is 4.98 Å². The Kier molecular flexibility index (Phi) is 6.38. The number of pyridine rings is 1. The molecule has 0 aliphatic carbocycles. The monoisotopic (exact) mass is 632 g/mol. The van der Waals surface area contributed by atoms with Crippen molar-refractivity contribution in [1.29, 1.82) is 0 Å². The number of aromatic nitrogens is 4. The SMILES string of the molecule is CC(C)(C)c1ccnc(-n2c3ccccc3c3ccc(Oc4cccc(-n5[c-][n+]6c7c(cccc75)C(C)(C)C(C)(C)C6(C)C)c4)cc32)c1. The highest BCUT2D eigenvalue weighted by Gasteiger charge is 2.55. The van der Waals surface area contributed by atoms with Gasteiger partial charge in [-0.1, -0.05) is 97.0 Å². The summed E-state index contributed by atoms with van der Waals surface area (Å²) >= 11 is 0. The van der Waals surface area contributed by atoms with E-state index in [4.69, 9.17) is 9.72 Å². The number of ether oxygens (including phenoxy) is 1. The summed E-state index contributed by atoms with van der Waals surface area (Å²) < 4.78 is 13.5. The summed E-state index contributed by atoms with van der Waals surface area (Å²) in [6.45, 7) is 20.9. The highest BCUT2D eigenvalue weighted by atomic mass is 16.5. The van der Waals surface area contributed by atoms with Crippen molar-refractivity contribution in [3.05, 3.63) is 121 Å². The van der Waals surface area contributed by atoms with Crippen LogP contribution in [0, 0.1) is 11.7 Å². The minimum Gasteiger partial charge on any atom is -0.458 e. The molecule has 0 spiro atoms. The molecule has 1 aliphatic heterocycles. The van der Waals surface area contributed by atoms with E-state index in [1.54, 1.807) is 0 Å². The van der Waals surface area contributed by atoms with Crippen molar-refractivity contribution >= 4 is 32.8 Å². The van der Waals surface area contributed by atoms with Crippen LogP contribution in [-0.4, -0.2) is 14.1 Å². The van der Waals surface area contributed by atoms with E-state index < -0.39 is 0 Å². The number of nitrogens with zero attached hydrogens (tertiary/aromatic N) is 4. The fourth-order valence-corrected chi connectivity index (χ4v) is 7.73. The zero-order chi connectivity index (χ0) is 33.8. The lowest BCUT2D eigenvalue weighted by Gasteiger charge is -2.55. The maximum atomic E-state index is 6.63. The zero-order valence-corrected chi connectivity index (χ0v) is 29.5. The van der Waals surface area contributed by atoms with E-state index in [1.807, 2.05) is 12.3 Å². The summed E-state index contributed by atoms with van der Waals surface area (Å²) in [6.07, 6.45) is 5.69. The highest BCUT2D eigenvalue weighted by Crippen LogP contribution is 2.54. The lowest BCUT2D eigenvalue weighted by Crippen LogP contribution is -2.68. The molecule has 0 saturated heterocycles. The molecular formula is C43H44N4O. The van der Waals surface area contributed by atoms with Crippen molar-refractivity contribution in [2.75, 3.05) is 0 Å². The summed E-state index contributed by atoms with van der Waals surface area (Å²) in [4.78, 5) is 4.84. The highest BCUT2D eigenvalue weighted by molar-refractivity contribution is 6.09. The van der Waals surface area contributed by atoms with E-state index in [0.29, 0.717) is 0 Å². The van der Waals surface area contributed by atoms with Gasteiger partial charge in [-0.3, -0.25) is 4.57 Å². The van der Waals surface area contributed by atoms with Crippen molar-refractivity contribution < 1.29 is 9.30 Å². The molecule has 0 atom stereocenters. The molecule has 0 fully saturated rings. The number of rotatable bonds is 4. The van der Waals surface area contributed by atoms with Gasteiger partial charge in [-0.15, -0.1) is 0 Å². The van der Waals surface area contributed by atoms with Crippen molar-refractivity contribution in [3.63, 3.8) is 0 Å². The Labute approximate surface area is 283 Å². The second-order valence-electron chi connectivity index (χ2n) is 16.0. The molecular weight excluding hydrogens is 589 g/mol. The molecule has 4 heterocycles. The number of imidazole rings is 1. The first-order valence-electron chi connectivity index (χ1n) is 17.0. The van der Waals surface area contributed by atoms with Crippen LogP contribution < -0.4 is 9.30 Å². The maximum absolute atomic E-state index is 6.63. The van der Waals surface area contributed by atoms with Gasteiger partial charge in [-0.05, 0) is 78.3 Å². The van der Waals surface area contributed by atoms with Crippen LogP contribution in [0.15, 0.2) is 103 Å². The Morgan fingerprint density at radius 3 is 2.21 bits per heavy atom. The standard InChI is InChI=1S/C43H44N4O/c1-40(2,3)28-22-23-44-38(24-28)47-35-18-11-10-16-32(35)33-21-20-31(26-37(33)47)48-30-15-12-14-29(25-30)45-27-46-39-34(17-13-19-36(39)45)41(4,5)42(6,7)43(46,8)9/h10-26H,1-9H3. The Balaban J connectivity index is 1.23. The van der Waals surface area contributed by atoms with Crippen molar-refractivity contribution in [1.82, 2.24) is 14.1 Å². The Bertz CT molecular complexity index is 2400. The average Bonchev–Trinajstić information content (AvgIpc) is 3.60. The number of fused-ring (bicyclic) bond motifs is 3. The second-order valence-corrected chi connectivity index (χ2v) is 16.0. The third-order valence-corrected chi connectivity index (χ3v) is 11.8. The van der Waals surface area contributed by atoms with Gasteiger partial charge in [0.15, 0.2) is 0 Å². The van der Waals surface area contributed by atoms with Gasteiger partial charge in [0, 0.05) is 28.5 Å². The van der Waals surface area contributed by atoms with Crippen LogP contribution in [0.4, 0.5) is 0 Å². The molecule has 0 amide bonds. The van der Waals surface area contributed by atoms with E-state index in [-0.39, 0.29) is 21.8 Å². The predicted octanol–water partition coefficient (Wildman–Crippen LogP) is 10.4. The molecule has 0 saturated carbocycles. The Hall–Kier alpha value is -4.90. The molecule has 1 aliphatic rings. The molecule has 48 heavy (non-hydrogen) atoms. The molecule has 5 heteroatoms. The van der Waals surface area contributed by atoms with Gasteiger partial charge in [0.25, 0.3) is 0 Å². The summed E-state index contributed by atoms with van der Waals surface area (Å²) in [6, 6.07) is 34.2. The van der Waals surface area contributed by atoms with E-state index >= 15 is 0 Å². The average molecular weight is 633 g/mol. The number of para-hydroxylation sites is 2. The lowest BCUT2D eigenvalue weighted by molar-refractivity contribution is -0.760. The second kappa shape index (κ2) is 10.1. The van der Waals surface area contributed by atoms with Gasteiger partial charge < -0.3 is 13.9 Å². The summed E-state index contributed by atoms with van der Waals surface area (Å²) in [5, 5.41) is 2.36. The summed E-state index contributed by atoms with van der Waals surface area (Å²) in [5.41, 5.74) is 8.03. The van der Waals surface area contributed by atoms with Gasteiger partial charge in [-0.2, -0.15) is 0 Å². The first kappa shape index (κ1) is 30.4. The molecule has 3 aromatic heterocycles.